The fraction of sp³-hybridized carbons (Fsp3) is 0.500. The third-order valence-electron chi connectivity index (χ3n) is 1.16. The molecule has 0 aromatic carbocycles. The zero-order valence-corrected chi connectivity index (χ0v) is 7.34. The fourth-order valence-electron chi connectivity index (χ4n) is 0.652. The van der Waals surface area contributed by atoms with Gasteiger partial charge in [-0.3, -0.25) is 0 Å². The summed E-state index contributed by atoms with van der Waals surface area (Å²) in [4.78, 5) is 3.99. The molecule has 0 fully saturated rings. The van der Waals surface area contributed by atoms with Crippen molar-refractivity contribution in [2.75, 3.05) is 13.7 Å². The van der Waals surface area contributed by atoms with Crippen LogP contribution < -0.4 is 0 Å². The predicted octanol–water partition coefficient (Wildman–Crippen LogP) is 1.29. The summed E-state index contributed by atoms with van der Waals surface area (Å²) < 4.78 is 7.72. The molecule has 1 aromatic rings. The van der Waals surface area contributed by atoms with E-state index in [0.717, 1.165) is 17.8 Å². The summed E-state index contributed by atoms with van der Waals surface area (Å²) in [6.07, 6.45) is 3.68. The lowest BCUT2D eigenvalue weighted by Crippen LogP contribution is -2.00. The van der Waals surface area contributed by atoms with Crippen LogP contribution in [0.5, 0.6) is 0 Å². The van der Waals surface area contributed by atoms with Gasteiger partial charge in [-0.1, -0.05) is 0 Å². The molecule has 0 aliphatic carbocycles. The second-order valence-corrected chi connectivity index (χ2v) is 2.74. The molecule has 4 heteroatoms. The molecule has 0 aliphatic rings. The maximum atomic E-state index is 4.89. The van der Waals surface area contributed by atoms with E-state index in [1.807, 2.05) is 10.8 Å². The van der Waals surface area contributed by atoms with E-state index in [1.54, 1.807) is 13.4 Å². The summed E-state index contributed by atoms with van der Waals surface area (Å²) in [6, 6.07) is 0. The summed E-state index contributed by atoms with van der Waals surface area (Å²) >= 11 is 3.25. The smallest absolute Gasteiger partial charge is 0.124 e. The number of nitrogens with zero attached hydrogens (tertiary/aromatic N) is 2. The number of rotatable bonds is 3. The number of halogens is 1. The van der Waals surface area contributed by atoms with E-state index in [-0.39, 0.29) is 0 Å². The van der Waals surface area contributed by atoms with Crippen LogP contribution in [0.1, 0.15) is 0 Å². The van der Waals surface area contributed by atoms with Crippen molar-refractivity contribution in [2.45, 2.75) is 6.54 Å². The van der Waals surface area contributed by atoms with Crippen LogP contribution in [0.4, 0.5) is 0 Å². The van der Waals surface area contributed by atoms with Gasteiger partial charge in [0, 0.05) is 19.9 Å². The van der Waals surface area contributed by atoms with Gasteiger partial charge in [-0.2, -0.15) is 0 Å². The number of hydrogen-bond acceptors (Lipinski definition) is 2. The van der Waals surface area contributed by atoms with Gasteiger partial charge in [0.15, 0.2) is 0 Å². The Balaban J connectivity index is 2.42. The highest BCUT2D eigenvalue weighted by molar-refractivity contribution is 9.10. The van der Waals surface area contributed by atoms with E-state index < -0.39 is 0 Å². The molecule has 0 amide bonds. The SMILES string of the molecule is COCCn1cnc(Br)c1. The highest BCUT2D eigenvalue weighted by atomic mass is 79.9. The topological polar surface area (TPSA) is 27.1 Å². The number of hydrogen-bond donors (Lipinski definition) is 0. The molecule has 0 aliphatic heterocycles. The Hall–Kier alpha value is -0.350. The molecule has 1 aromatic heterocycles. The molecule has 0 radical (unpaired) electrons. The first-order chi connectivity index (χ1) is 4.83. The van der Waals surface area contributed by atoms with Crippen LogP contribution in [-0.4, -0.2) is 23.3 Å². The monoisotopic (exact) mass is 204 g/mol. The van der Waals surface area contributed by atoms with Crippen molar-refractivity contribution in [3.8, 4) is 0 Å². The van der Waals surface area contributed by atoms with Crippen molar-refractivity contribution in [1.82, 2.24) is 9.55 Å². The van der Waals surface area contributed by atoms with Gasteiger partial charge in [0.2, 0.25) is 0 Å². The molecule has 0 saturated heterocycles. The fourth-order valence-corrected chi connectivity index (χ4v) is 1.01. The van der Waals surface area contributed by atoms with Crippen molar-refractivity contribution >= 4 is 15.9 Å². The third-order valence-corrected chi connectivity index (χ3v) is 1.56. The van der Waals surface area contributed by atoms with Gasteiger partial charge in [0.25, 0.3) is 0 Å². The maximum absolute atomic E-state index is 4.89. The number of ether oxygens (including phenoxy) is 1. The summed E-state index contributed by atoms with van der Waals surface area (Å²) in [5, 5.41) is 0. The van der Waals surface area contributed by atoms with Gasteiger partial charge in [0.05, 0.1) is 12.9 Å². The Morgan fingerprint density at radius 1 is 1.80 bits per heavy atom. The minimum atomic E-state index is 0.725. The van der Waals surface area contributed by atoms with Crippen molar-refractivity contribution in [2.24, 2.45) is 0 Å². The number of methoxy groups -OCH3 is 1. The van der Waals surface area contributed by atoms with Crippen LogP contribution in [0.2, 0.25) is 0 Å². The highest BCUT2D eigenvalue weighted by Gasteiger charge is 1.91. The van der Waals surface area contributed by atoms with Crippen LogP contribution in [0, 0.1) is 0 Å². The van der Waals surface area contributed by atoms with Crippen molar-refractivity contribution in [3.05, 3.63) is 17.1 Å². The summed E-state index contributed by atoms with van der Waals surface area (Å²) in [5.74, 6) is 0. The molecule has 0 N–H and O–H groups in total. The van der Waals surface area contributed by atoms with E-state index in [0.29, 0.717) is 0 Å². The standard InChI is InChI=1S/C6H9BrN2O/c1-10-3-2-9-4-6(7)8-5-9/h4-5H,2-3H2,1H3. The van der Waals surface area contributed by atoms with Crippen LogP contribution in [0.3, 0.4) is 0 Å². The quantitative estimate of drug-likeness (QED) is 0.743. The van der Waals surface area contributed by atoms with Crippen LogP contribution in [-0.2, 0) is 11.3 Å². The van der Waals surface area contributed by atoms with E-state index in [2.05, 4.69) is 20.9 Å². The Labute approximate surface area is 68.1 Å². The lowest BCUT2D eigenvalue weighted by atomic mass is 10.7. The number of aromatic nitrogens is 2. The van der Waals surface area contributed by atoms with Gasteiger partial charge in [-0.15, -0.1) is 0 Å². The van der Waals surface area contributed by atoms with Gasteiger partial charge < -0.3 is 9.30 Å². The summed E-state index contributed by atoms with van der Waals surface area (Å²) in [7, 11) is 1.69. The molecule has 10 heavy (non-hydrogen) atoms. The first-order valence-corrected chi connectivity index (χ1v) is 3.78. The first kappa shape index (κ1) is 7.75. The minimum Gasteiger partial charge on any atom is -0.383 e. The Kier molecular flexibility index (Phi) is 2.89. The minimum absolute atomic E-state index is 0.725. The lowest BCUT2D eigenvalue weighted by molar-refractivity contribution is 0.187. The largest absolute Gasteiger partial charge is 0.383 e. The molecule has 0 unspecified atom stereocenters. The first-order valence-electron chi connectivity index (χ1n) is 2.99. The molecular weight excluding hydrogens is 196 g/mol. The highest BCUT2D eigenvalue weighted by Crippen LogP contribution is 2.03. The zero-order chi connectivity index (χ0) is 7.40. The number of imidazole rings is 1. The molecular formula is C6H9BrN2O. The van der Waals surface area contributed by atoms with Crippen LogP contribution in [0.25, 0.3) is 0 Å². The van der Waals surface area contributed by atoms with Crippen LogP contribution in [0.15, 0.2) is 17.1 Å². The van der Waals surface area contributed by atoms with E-state index >= 15 is 0 Å². The van der Waals surface area contributed by atoms with Gasteiger partial charge >= 0.3 is 0 Å². The average Bonchev–Trinajstić information content (AvgIpc) is 2.31. The Morgan fingerprint density at radius 3 is 3.10 bits per heavy atom. The zero-order valence-electron chi connectivity index (χ0n) is 5.75. The molecule has 1 heterocycles. The molecule has 3 nitrogen and oxygen atoms in total. The van der Waals surface area contributed by atoms with E-state index in [9.17, 15) is 0 Å². The van der Waals surface area contributed by atoms with E-state index in [1.165, 1.54) is 0 Å². The maximum Gasteiger partial charge on any atom is 0.124 e. The average molecular weight is 205 g/mol. The lowest BCUT2D eigenvalue weighted by Gasteiger charge is -1.97. The van der Waals surface area contributed by atoms with Crippen LogP contribution >= 0.6 is 15.9 Å². The van der Waals surface area contributed by atoms with Gasteiger partial charge in [-0.25, -0.2) is 4.98 Å². The summed E-state index contributed by atoms with van der Waals surface area (Å²) in [5.41, 5.74) is 0. The van der Waals surface area contributed by atoms with Gasteiger partial charge in [-0.05, 0) is 15.9 Å². The Morgan fingerprint density at radius 2 is 2.60 bits per heavy atom. The van der Waals surface area contributed by atoms with Crippen molar-refractivity contribution in [1.29, 1.82) is 0 Å². The molecule has 0 spiro atoms. The summed E-state index contributed by atoms with van der Waals surface area (Å²) in [6.45, 7) is 1.58. The second kappa shape index (κ2) is 3.73. The molecule has 1 rings (SSSR count). The van der Waals surface area contributed by atoms with Crippen molar-refractivity contribution in [3.63, 3.8) is 0 Å². The normalized spacial score (nSPS) is 10.2. The third kappa shape index (κ3) is 2.11. The predicted molar refractivity (Wildman–Crippen MR) is 41.8 cm³/mol. The van der Waals surface area contributed by atoms with Gasteiger partial charge in [0.1, 0.15) is 4.60 Å². The second-order valence-electron chi connectivity index (χ2n) is 1.93. The molecule has 56 valence electrons. The van der Waals surface area contributed by atoms with E-state index in [4.69, 9.17) is 4.74 Å². The molecule has 0 bridgehead atoms. The Bertz CT molecular complexity index is 199. The van der Waals surface area contributed by atoms with Crippen molar-refractivity contribution < 1.29 is 4.74 Å². The molecule has 0 saturated carbocycles. The molecule has 0 atom stereocenters.